The molecule has 2 rings (SSSR count). The van der Waals surface area contributed by atoms with Gasteiger partial charge in [0.25, 0.3) is 0 Å². The van der Waals surface area contributed by atoms with Gasteiger partial charge < -0.3 is 4.74 Å². The Bertz CT molecular complexity index is 674. The molecule has 4 nitrogen and oxygen atoms in total. The van der Waals surface area contributed by atoms with Crippen LogP contribution in [-0.4, -0.2) is 22.6 Å². The summed E-state index contributed by atoms with van der Waals surface area (Å²) in [5.74, 6) is -2.02. The van der Waals surface area contributed by atoms with E-state index in [1.807, 2.05) is 0 Å². The van der Waals surface area contributed by atoms with E-state index in [0.717, 1.165) is 24.1 Å². The van der Waals surface area contributed by atoms with Gasteiger partial charge in [0.05, 0.1) is 30.2 Å². The van der Waals surface area contributed by atoms with Crippen LogP contribution in [0, 0.1) is 0 Å². The van der Waals surface area contributed by atoms with Gasteiger partial charge in [0.2, 0.25) is 5.83 Å². The standard InChI is InChI=1S/C11H8ClFIN2O2P/c1-18-11(17)8(13)4-6-2-3-7-5-15-16(19-14)10(7)9(6)12/h2-5,19H,1H3/b8-4-. The average Bonchev–Trinajstić information content (AvgIpc) is 2.84. The molecule has 8 heteroatoms. The van der Waals surface area contributed by atoms with E-state index in [1.165, 1.54) is 0 Å². The van der Waals surface area contributed by atoms with Crippen LogP contribution in [0.4, 0.5) is 4.39 Å². The predicted octanol–water partition coefficient (Wildman–Crippen LogP) is 3.96. The van der Waals surface area contributed by atoms with Crippen LogP contribution in [0.1, 0.15) is 5.56 Å². The number of esters is 1. The first-order valence-corrected chi connectivity index (χ1v) is 9.50. The highest BCUT2D eigenvalue weighted by molar-refractivity contribution is 14.2. The second-order valence-corrected chi connectivity index (χ2v) is 5.95. The van der Waals surface area contributed by atoms with Crippen LogP contribution in [0.3, 0.4) is 0 Å². The summed E-state index contributed by atoms with van der Waals surface area (Å²) >= 11 is 8.41. The zero-order valence-electron chi connectivity index (χ0n) is 9.65. The predicted molar refractivity (Wildman–Crippen MR) is 83.6 cm³/mol. The van der Waals surface area contributed by atoms with Crippen LogP contribution >= 0.6 is 40.0 Å². The van der Waals surface area contributed by atoms with Crippen LogP contribution in [0.15, 0.2) is 24.2 Å². The number of hydrogen-bond donors (Lipinski definition) is 0. The number of carbonyl (C=O) groups excluding carboxylic acids is 1. The molecule has 0 aliphatic heterocycles. The molecule has 2 aromatic rings. The van der Waals surface area contributed by atoms with Crippen LogP contribution in [-0.2, 0) is 9.53 Å². The molecule has 1 unspecified atom stereocenters. The van der Waals surface area contributed by atoms with E-state index < -0.39 is 11.8 Å². The molecule has 0 amide bonds. The molecule has 0 bridgehead atoms. The maximum Gasteiger partial charge on any atom is 0.366 e. The van der Waals surface area contributed by atoms with E-state index >= 15 is 0 Å². The highest BCUT2D eigenvalue weighted by Crippen LogP contribution is 2.35. The summed E-state index contributed by atoms with van der Waals surface area (Å²) in [5, 5.41) is 5.40. The third-order valence-corrected chi connectivity index (χ3v) is 4.71. The molecule has 100 valence electrons. The molecule has 0 saturated heterocycles. The lowest BCUT2D eigenvalue weighted by atomic mass is 10.1. The van der Waals surface area contributed by atoms with Gasteiger partial charge in [-0.15, -0.1) is 0 Å². The molecule has 0 radical (unpaired) electrons. The number of hydrogen-bond acceptors (Lipinski definition) is 3. The number of rotatable bonds is 3. The van der Waals surface area contributed by atoms with Gasteiger partial charge in [-0.05, 0) is 33.7 Å². The number of methoxy groups -OCH3 is 1. The Hall–Kier alpha value is -0.720. The van der Waals surface area contributed by atoms with Gasteiger partial charge in [-0.3, -0.25) is 0 Å². The fraction of sp³-hybridized carbons (Fsp3) is 0.0909. The second kappa shape index (κ2) is 6.15. The minimum absolute atomic E-state index is 0.359. The zero-order chi connectivity index (χ0) is 14.0. The SMILES string of the molecule is COC(=O)/C(F)=C/c1ccc2cnn(PI)c2c1Cl. The van der Waals surface area contributed by atoms with E-state index in [0.29, 0.717) is 17.0 Å². The Balaban J connectivity index is 2.56. The average molecular weight is 413 g/mol. The molecular formula is C11H8ClFIN2O2P. The van der Waals surface area contributed by atoms with Gasteiger partial charge in [0.1, 0.15) is 0 Å². The van der Waals surface area contributed by atoms with Crippen LogP contribution in [0.25, 0.3) is 17.0 Å². The normalized spacial score (nSPS) is 12.5. The molecule has 1 heterocycles. The van der Waals surface area contributed by atoms with Gasteiger partial charge in [-0.2, -0.15) is 9.49 Å². The largest absolute Gasteiger partial charge is 0.464 e. The van der Waals surface area contributed by atoms with Crippen molar-refractivity contribution >= 4 is 63.0 Å². The molecule has 19 heavy (non-hydrogen) atoms. The van der Waals surface area contributed by atoms with E-state index in [9.17, 15) is 9.18 Å². The molecule has 0 aliphatic rings. The Labute approximate surface area is 128 Å². The quantitative estimate of drug-likeness (QED) is 0.332. The number of ether oxygens (including phenoxy) is 1. The fourth-order valence-corrected chi connectivity index (χ4v) is 3.46. The van der Waals surface area contributed by atoms with Crippen molar-refractivity contribution in [2.24, 2.45) is 0 Å². The molecule has 0 N–H and O–H groups in total. The summed E-state index contributed by atoms with van der Waals surface area (Å²) in [4.78, 5) is 11.0. The minimum Gasteiger partial charge on any atom is -0.464 e. The van der Waals surface area contributed by atoms with Crippen molar-refractivity contribution < 1.29 is 13.9 Å². The van der Waals surface area contributed by atoms with Crippen molar-refractivity contribution in [2.75, 3.05) is 7.11 Å². The number of fused-ring (bicyclic) bond motifs is 1. The molecular weight excluding hydrogens is 404 g/mol. The lowest BCUT2D eigenvalue weighted by Gasteiger charge is -2.04. The van der Waals surface area contributed by atoms with E-state index in [-0.39, 0.29) is 0 Å². The highest BCUT2D eigenvalue weighted by atomic mass is 127. The van der Waals surface area contributed by atoms with Crippen molar-refractivity contribution in [3.63, 3.8) is 0 Å². The molecule has 0 saturated carbocycles. The first kappa shape index (κ1) is 14.7. The van der Waals surface area contributed by atoms with Crippen molar-refractivity contribution in [2.45, 2.75) is 0 Å². The molecule has 0 fully saturated rings. The lowest BCUT2D eigenvalue weighted by molar-refractivity contribution is -0.137. The van der Waals surface area contributed by atoms with Crippen LogP contribution in [0.2, 0.25) is 5.02 Å². The van der Waals surface area contributed by atoms with Crippen LogP contribution < -0.4 is 0 Å². The van der Waals surface area contributed by atoms with Gasteiger partial charge >= 0.3 is 5.97 Å². The van der Waals surface area contributed by atoms with E-state index in [4.69, 9.17) is 11.6 Å². The summed E-state index contributed by atoms with van der Waals surface area (Å²) in [6.45, 7) is 0. The molecule has 1 atom stereocenters. The summed E-state index contributed by atoms with van der Waals surface area (Å²) in [6.07, 6.45) is 3.13. The molecule has 1 aromatic heterocycles. The maximum atomic E-state index is 13.5. The third kappa shape index (κ3) is 2.90. The third-order valence-electron chi connectivity index (χ3n) is 2.44. The van der Waals surface area contributed by atoms with Gasteiger partial charge in [-0.1, -0.05) is 23.7 Å². The van der Waals surface area contributed by atoms with Crippen LogP contribution in [0.5, 0.6) is 0 Å². The molecule has 0 aliphatic carbocycles. The topological polar surface area (TPSA) is 44.1 Å². The Morgan fingerprint density at radius 1 is 1.63 bits per heavy atom. The van der Waals surface area contributed by atoms with Crippen molar-refractivity contribution in [1.82, 2.24) is 9.55 Å². The highest BCUT2D eigenvalue weighted by Gasteiger charge is 2.13. The smallest absolute Gasteiger partial charge is 0.366 e. The second-order valence-electron chi connectivity index (χ2n) is 3.53. The minimum atomic E-state index is -1.03. The summed E-state index contributed by atoms with van der Waals surface area (Å²) in [6, 6.07) is 3.41. The Morgan fingerprint density at radius 3 is 3.00 bits per heavy atom. The van der Waals surface area contributed by atoms with Gasteiger partial charge in [-0.25, -0.2) is 9.25 Å². The number of carbonyl (C=O) groups is 1. The number of nitrogens with zero attached hydrogens (tertiary/aromatic N) is 2. The number of benzene rings is 1. The summed E-state index contributed by atoms with van der Waals surface area (Å²) in [7, 11) is 1.12. The molecule has 1 aromatic carbocycles. The number of halogens is 3. The van der Waals surface area contributed by atoms with E-state index in [1.54, 1.807) is 22.8 Å². The van der Waals surface area contributed by atoms with E-state index in [2.05, 4.69) is 31.9 Å². The Morgan fingerprint density at radius 2 is 2.37 bits per heavy atom. The number of aromatic nitrogens is 2. The van der Waals surface area contributed by atoms with Crippen molar-refractivity contribution in [1.29, 1.82) is 0 Å². The Kier molecular flexibility index (Phi) is 4.76. The first-order valence-electron chi connectivity index (χ1n) is 5.07. The monoisotopic (exact) mass is 412 g/mol. The zero-order valence-corrected chi connectivity index (χ0v) is 13.6. The van der Waals surface area contributed by atoms with Crippen molar-refractivity contribution in [3.8, 4) is 0 Å². The summed E-state index contributed by atoms with van der Waals surface area (Å²) < 4.78 is 19.5. The fourth-order valence-electron chi connectivity index (χ4n) is 1.56. The first-order chi connectivity index (χ1) is 9.08. The maximum absolute atomic E-state index is 13.5. The lowest BCUT2D eigenvalue weighted by Crippen LogP contribution is -2.00. The summed E-state index contributed by atoms with van der Waals surface area (Å²) in [5.41, 5.74) is 1.13. The molecule has 0 spiro atoms. The van der Waals surface area contributed by atoms with Crippen molar-refractivity contribution in [3.05, 3.63) is 34.7 Å². The van der Waals surface area contributed by atoms with Gasteiger partial charge in [0, 0.05) is 5.39 Å². The van der Waals surface area contributed by atoms with Gasteiger partial charge in [0.15, 0.2) is 0 Å².